The molecule has 1 heterocycles. The molecule has 0 spiro atoms. The lowest BCUT2D eigenvalue weighted by Gasteiger charge is -2.16. The van der Waals surface area contributed by atoms with E-state index in [0.717, 1.165) is 11.1 Å². The molecule has 1 fully saturated rings. The first kappa shape index (κ1) is 11.6. The normalized spacial score (nSPS) is 19.7. The van der Waals surface area contributed by atoms with Crippen LogP contribution < -0.4 is 0 Å². The first-order valence-electron chi connectivity index (χ1n) is 5.62. The zero-order valence-electron chi connectivity index (χ0n) is 9.72. The van der Waals surface area contributed by atoms with Crippen molar-refractivity contribution in [2.24, 2.45) is 5.92 Å². The van der Waals surface area contributed by atoms with Crippen LogP contribution in [0.2, 0.25) is 0 Å². The monoisotopic (exact) mass is 233 g/mol. The Morgan fingerprint density at radius 1 is 1.53 bits per heavy atom. The minimum atomic E-state index is -0.884. The number of hydrogen-bond acceptors (Lipinski definition) is 2. The Labute approximate surface area is 99.9 Å². The van der Waals surface area contributed by atoms with E-state index >= 15 is 0 Å². The molecule has 17 heavy (non-hydrogen) atoms. The van der Waals surface area contributed by atoms with Crippen molar-refractivity contribution in [3.63, 3.8) is 0 Å². The first-order valence-corrected chi connectivity index (χ1v) is 5.62. The predicted molar refractivity (Wildman–Crippen MR) is 62.3 cm³/mol. The highest BCUT2D eigenvalue weighted by Gasteiger charge is 2.33. The Kier molecular flexibility index (Phi) is 3.13. The third-order valence-electron chi connectivity index (χ3n) is 3.02. The molecule has 0 saturated carbocycles. The number of carbonyl (C=O) groups excluding carboxylic acids is 1. The van der Waals surface area contributed by atoms with Crippen molar-refractivity contribution in [3.05, 3.63) is 35.4 Å². The fraction of sp³-hybridized carbons (Fsp3) is 0.385. The number of nitrogens with zero attached hydrogens (tertiary/aromatic N) is 1. The van der Waals surface area contributed by atoms with E-state index in [2.05, 4.69) is 0 Å². The molecule has 1 aliphatic rings. The maximum absolute atomic E-state index is 11.6. The van der Waals surface area contributed by atoms with Crippen LogP contribution >= 0.6 is 0 Å². The zero-order valence-corrected chi connectivity index (χ0v) is 9.72. The fourth-order valence-corrected chi connectivity index (χ4v) is 2.12. The Hall–Kier alpha value is -1.84. The van der Waals surface area contributed by atoms with E-state index in [4.69, 9.17) is 5.11 Å². The molecule has 0 aliphatic carbocycles. The molecule has 1 N–H and O–H groups in total. The molecule has 4 nitrogen and oxygen atoms in total. The van der Waals surface area contributed by atoms with Gasteiger partial charge in [0.15, 0.2) is 0 Å². The second-order valence-electron chi connectivity index (χ2n) is 4.50. The molecule has 0 unspecified atom stereocenters. The highest BCUT2D eigenvalue weighted by molar-refractivity contribution is 5.86. The van der Waals surface area contributed by atoms with Gasteiger partial charge in [-0.3, -0.25) is 9.59 Å². The van der Waals surface area contributed by atoms with Gasteiger partial charge in [0.25, 0.3) is 0 Å². The van der Waals surface area contributed by atoms with E-state index in [1.54, 1.807) is 4.90 Å². The van der Waals surface area contributed by atoms with Crippen LogP contribution in [0.5, 0.6) is 0 Å². The van der Waals surface area contributed by atoms with Gasteiger partial charge in [-0.15, -0.1) is 0 Å². The molecule has 0 bridgehead atoms. The standard InChI is InChI=1S/C13H15NO3/c1-9-3-2-4-10(5-9)7-14-8-11(13(16)17)6-12(14)15/h2-5,11H,6-8H2,1H3,(H,16,17)/t11-/m1/s1. The van der Waals surface area contributed by atoms with Gasteiger partial charge in [-0.1, -0.05) is 29.8 Å². The Bertz CT molecular complexity index is 456. The van der Waals surface area contributed by atoms with Gasteiger partial charge < -0.3 is 10.0 Å². The summed E-state index contributed by atoms with van der Waals surface area (Å²) in [6, 6.07) is 7.91. The van der Waals surface area contributed by atoms with Gasteiger partial charge in [-0.05, 0) is 12.5 Å². The number of benzene rings is 1. The number of aliphatic carboxylic acids is 1. The molecular formula is C13H15NO3. The van der Waals surface area contributed by atoms with Gasteiger partial charge >= 0.3 is 5.97 Å². The maximum atomic E-state index is 11.6. The van der Waals surface area contributed by atoms with E-state index < -0.39 is 11.9 Å². The third-order valence-corrected chi connectivity index (χ3v) is 3.02. The molecule has 1 aromatic carbocycles. The summed E-state index contributed by atoms with van der Waals surface area (Å²) in [7, 11) is 0. The second kappa shape index (κ2) is 4.57. The van der Waals surface area contributed by atoms with Gasteiger partial charge in [0.2, 0.25) is 5.91 Å². The summed E-state index contributed by atoms with van der Waals surface area (Å²) in [5, 5.41) is 8.88. The third kappa shape index (κ3) is 2.64. The molecule has 1 atom stereocenters. The molecule has 1 aromatic rings. The molecular weight excluding hydrogens is 218 g/mol. The molecule has 90 valence electrons. The highest BCUT2D eigenvalue weighted by Crippen LogP contribution is 2.20. The van der Waals surface area contributed by atoms with Crippen LogP contribution in [0.15, 0.2) is 24.3 Å². The number of carbonyl (C=O) groups is 2. The molecule has 2 rings (SSSR count). The number of amides is 1. The van der Waals surface area contributed by atoms with Gasteiger partial charge in [-0.25, -0.2) is 0 Å². The van der Waals surface area contributed by atoms with Crippen LogP contribution in [0.1, 0.15) is 17.5 Å². The van der Waals surface area contributed by atoms with E-state index in [9.17, 15) is 9.59 Å². The summed E-state index contributed by atoms with van der Waals surface area (Å²) in [6.07, 6.45) is 0.126. The molecule has 1 aliphatic heterocycles. The smallest absolute Gasteiger partial charge is 0.308 e. The SMILES string of the molecule is Cc1cccc(CN2C[C@H](C(=O)O)CC2=O)c1. The minimum absolute atomic E-state index is 0.0705. The van der Waals surface area contributed by atoms with Crippen molar-refractivity contribution in [1.82, 2.24) is 4.90 Å². The molecule has 4 heteroatoms. The van der Waals surface area contributed by atoms with Crippen LogP contribution in [-0.4, -0.2) is 28.4 Å². The van der Waals surface area contributed by atoms with Crippen molar-refractivity contribution in [2.45, 2.75) is 19.9 Å². The number of aryl methyl sites for hydroxylation is 1. The van der Waals surface area contributed by atoms with Gasteiger partial charge in [0, 0.05) is 19.5 Å². The van der Waals surface area contributed by atoms with Crippen molar-refractivity contribution < 1.29 is 14.7 Å². The zero-order chi connectivity index (χ0) is 12.4. The lowest BCUT2D eigenvalue weighted by atomic mass is 10.1. The van der Waals surface area contributed by atoms with Crippen molar-refractivity contribution in [2.75, 3.05) is 6.54 Å². The summed E-state index contributed by atoms with van der Waals surface area (Å²) in [4.78, 5) is 24.1. The summed E-state index contributed by atoms with van der Waals surface area (Å²) < 4.78 is 0. The van der Waals surface area contributed by atoms with E-state index in [1.165, 1.54) is 0 Å². The van der Waals surface area contributed by atoms with Gasteiger partial charge in [-0.2, -0.15) is 0 Å². The Morgan fingerprint density at radius 2 is 2.29 bits per heavy atom. The number of rotatable bonds is 3. The van der Waals surface area contributed by atoms with Crippen LogP contribution in [0.4, 0.5) is 0 Å². The lowest BCUT2D eigenvalue weighted by molar-refractivity contribution is -0.141. The first-order chi connectivity index (χ1) is 8.06. The molecule has 1 saturated heterocycles. The van der Waals surface area contributed by atoms with Gasteiger partial charge in [0.1, 0.15) is 0 Å². The number of likely N-dealkylation sites (tertiary alicyclic amines) is 1. The summed E-state index contributed by atoms with van der Waals surface area (Å²) >= 11 is 0. The fourth-order valence-electron chi connectivity index (χ4n) is 2.12. The van der Waals surface area contributed by atoms with Crippen molar-refractivity contribution >= 4 is 11.9 Å². The molecule has 0 aromatic heterocycles. The minimum Gasteiger partial charge on any atom is -0.481 e. The Morgan fingerprint density at radius 3 is 2.88 bits per heavy atom. The van der Waals surface area contributed by atoms with Crippen LogP contribution in [0, 0.1) is 12.8 Å². The van der Waals surface area contributed by atoms with E-state index in [-0.39, 0.29) is 12.3 Å². The summed E-state index contributed by atoms with van der Waals surface area (Å²) in [6.45, 7) is 2.82. The van der Waals surface area contributed by atoms with Crippen LogP contribution in [0.25, 0.3) is 0 Å². The largest absolute Gasteiger partial charge is 0.481 e. The van der Waals surface area contributed by atoms with Crippen LogP contribution in [0.3, 0.4) is 0 Å². The van der Waals surface area contributed by atoms with E-state index in [0.29, 0.717) is 13.1 Å². The quantitative estimate of drug-likeness (QED) is 0.859. The number of hydrogen-bond donors (Lipinski definition) is 1. The topological polar surface area (TPSA) is 57.6 Å². The van der Waals surface area contributed by atoms with Crippen molar-refractivity contribution in [3.8, 4) is 0 Å². The molecule has 1 amide bonds. The van der Waals surface area contributed by atoms with Gasteiger partial charge in [0.05, 0.1) is 5.92 Å². The number of carboxylic acid groups (broad SMARTS) is 1. The number of carboxylic acids is 1. The average Bonchev–Trinajstić information content (AvgIpc) is 2.61. The molecule has 0 radical (unpaired) electrons. The Balaban J connectivity index is 2.05. The highest BCUT2D eigenvalue weighted by atomic mass is 16.4. The lowest BCUT2D eigenvalue weighted by Crippen LogP contribution is -2.25. The summed E-state index contributed by atoms with van der Waals surface area (Å²) in [5.74, 6) is -1.50. The van der Waals surface area contributed by atoms with E-state index in [1.807, 2.05) is 31.2 Å². The van der Waals surface area contributed by atoms with Crippen molar-refractivity contribution in [1.29, 1.82) is 0 Å². The average molecular weight is 233 g/mol. The van der Waals surface area contributed by atoms with Crippen LogP contribution in [-0.2, 0) is 16.1 Å². The predicted octanol–water partition coefficient (Wildman–Crippen LogP) is 1.43. The summed E-state index contributed by atoms with van der Waals surface area (Å²) in [5.41, 5.74) is 2.19. The second-order valence-corrected chi connectivity index (χ2v) is 4.50. The maximum Gasteiger partial charge on any atom is 0.308 e.